The van der Waals surface area contributed by atoms with Gasteiger partial charge in [0, 0.05) is 36.5 Å². The summed E-state index contributed by atoms with van der Waals surface area (Å²) in [6.45, 7) is 7.70. The van der Waals surface area contributed by atoms with Crippen LogP contribution in [0.15, 0.2) is 67.0 Å². The molecule has 31 heavy (non-hydrogen) atoms. The highest BCUT2D eigenvalue weighted by atomic mass is 16.5. The lowest BCUT2D eigenvalue weighted by Gasteiger charge is -2.45. The van der Waals surface area contributed by atoms with Gasteiger partial charge in [-0.05, 0) is 62.9 Å². The van der Waals surface area contributed by atoms with Gasteiger partial charge < -0.3 is 10.1 Å². The largest absolute Gasteiger partial charge is 0.376 e. The quantitative estimate of drug-likeness (QED) is 0.607. The summed E-state index contributed by atoms with van der Waals surface area (Å²) in [6, 6.07) is 18.5. The molecule has 0 radical (unpaired) electrons. The van der Waals surface area contributed by atoms with Gasteiger partial charge in [-0.15, -0.1) is 0 Å². The van der Waals surface area contributed by atoms with E-state index in [1.165, 1.54) is 11.1 Å². The third kappa shape index (κ3) is 5.23. The molecule has 1 aliphatic rings. The molecule has 1 N–H and O–H groups in total. The summed E-state index contributed by atoms with van der Waals surface area (Å²) in [5, 5.41) is 7.34. The van der Waals surface area contributed by atoms with Crippen molar-refractivity contribution >= 4 is 11.6 Å². The Balaban J connectivity index is 1.48. The van der Waals surface area contributed by atoms with E-state index in [2.05, 4.69) is 55.5 Å². The molecule has 0 bridgehead atoms. The van der Waals surface area contributed by atoms with E-state index in [4.69, 9.17) is 4.74 Å². The predicted molar refractivity (Wildman–Crippen MR) is 123 cm³/mol. The average Bonchev–Trinajstić information content (AvgIpc) is 3.22. The lowest BCUT2D eigenvalue weighted by atomic mass is 9.67. The molecule has 5 heteroatoms. The molecular weight excluding hydrogens is 386 g/mol. The van der Waals surface area contributed by atoms with Crippen LogP contribution in [0.4, 0.5) is 5.69 Å². The highest BCUT2D eigenvalue weighted by Gasteiger charge is 2.43. The van der Waals surface area contributed by atoms with Crippen molar-refractivity contribution in [3.8, 4) is 0 Å². The first-order valence-electron chi connectivity index (χ1n) is 10.9. The van der Waals surface area contributed by atoms with E-state index >= 15 is 0 Å². The molecule has 3 aromatic rings. The Morgan fingerprint density at radius 1 is 1.13 bits per heavy atom. The van der Waals surface area contributed by atoms with Gasteiger partial charge in [0.05, 0.1) is 12.1 Å². The lowest BCUT2D eigenvalue weighted by Crippen LogP contribution is -2.45. The fourth-order valence-corrected chi connectivity index (χ4v) is 4.67. The highest BCUT2D eigenvalue weighted by Crippen LogP contribution is 2.44. The van der Waals surface area contributed by atoms with E-state index < -0.39 is 0 Å². The molecule has 162 valence electrons. The Hall–Kier alpha value is -2.92. The Kier molecular flexibility index (Phi) is 5.96. The molecule has 1 unspecified atom stereocenters. The van der Waals surface area contributed by atoms with Gasteiger partial charge in [-0.1, -0.05) is 42.0 Å². The summed E-state index contributed by atoms with van der Waals surface area (Å²) >= 11 is 0. The van der Waals surface area contributed by atoms with Crippen LogP contribution in [0.1, 0.15) is 49.8 Å². The van der Waals surface area contributed by atoms with Gasteiger partial charge in [-0.2, -0.15) is 5.10 Å². The number of hydrogen-bond acceptors (Lipinski definition) is 3. The van der Waals surface area contributed by atoms with E-state index in [1.54, 1.807) is 6.20 Å². The molecule has 4 rings (SSSR count). The van der Waals surface area contributed by atoms with Crippen molar-refractivity contribution in [2.24, 2.45) is 0 Å². The summed E-state index contributed by atoms with van der Waals surface area (Å²) in [4.78, 5) is 13.1. The van der Waals surface area contributed by atoms with Gasteiger partial charge in [0.25, 0.3) is 0 Å². The van der Waals surface area contributed by atoms with Crippen molar-refractivity contribution in [2.45, 2.75) is 57.6 Å². The number of carbonyl (C=O) groups excluding carboxylic acids is 1. The van der Waals surface area contributed by atoms with Crippen molar-refractivity contribution in [1.29, 1.82) is 0 Å². The standard InChI is InChI=1S/C26H31N3O2/c1-20-5-9-22(10-6-20)26(13-16-31-25(2,3)19-26)17-24(30)28-23-11-7-21(8-12-23)18-29-15-4-14-27-29/h4-12,14-15H,13,16-19H2,1-3H3,(H,28,30). The average molecular weight is 418 g/mol. The fraction of sp³-hybridized carbons (Fsp3) is 0.385. The number of nitrogens with zero attached hydrogens (tertiary/aromatic N) is 2. The van der Waals surface area contributed by atoms with Gasteiger partial charge in [0.15, 0.2) is 0 Å². The van der Waals surface area contributed by atoms with Crippen LogP contribution >= 0.6 is 0 Å². The molecule has 2 aromatic carbocycles. The minimum atomic E-state index is -0.252. The van der Waals surface area contributed by atoms with E-state index in [0.29, 0.717) is 19.6 Å². The molecular formula is C26H31N3O2. The number of aromatic nitrogens is 2. The first-order valence-corrected chi connectivity index (χ1v) is 10.9. The number of amides is 1. The van der Waals surface area contributed by atoms with Crippen LogP contribution in [0.5, 0.6) is 0 Å². The number of ether oxygens (including phenoxy) is 1. The smallest absolute Gasteiger partial charge is 0.225 e. The van der Waals surface area contributed by atoms with Crippen LogP contribution in [0.2, 0.25) is 0 Å². The molecule has 1 aromatic heterocycles. The number of aryl methyl sites for hydroxylation is 1. The molecule has 1 fully saturated rings. The minimum absolute atomic E-state index is 0.0399. The number of anilines is 1. The van der Waals surface area contributed by atoms with Crippen LogP contribution in [-0.4, -0.2) is 27.9 Å². The third-order valence-corrected chi connectivity index (χ3v) is 6.14. The van der Waals surface area contributed by atoms with E-state index in [9.17, 15) is 4.79 Å². The number of benzene rings is 2. The van der Waals surface area contributed by atoms with Gasteiger partial charge >= 0.3 is 0 Å². The molecule has 0 aliphatic carbocycles. The molecule has 0 spiro atoms. The molecule has 1 atom stereocenters. The second-order valence-corrected chi connectivity index (χ2v) is 9.31. The van der Waals surface area contributed by atoms with Crippen LogP contribution in [0.3, 0.4) is 0 Å². The zero-order valence-electron chi connectivity index (χ0n) is 18.6. The normalized spacial score (nSPS) is 20.4. The topological polar surface area (TPSA) is 56.2 Å². The molecule has 1 aliphatic heterocycles. The van der Waals surface area contributed by atoms with Crippen LogP contribution in [0.25, 0.3) is 0 Å². The Morgan fingerprint density at radius 3 is 2.52 bits per heavy atom. The van der Waals surface area contributed by atoms with Gasteiger partial charge in [-0.3, -0.25) is 9.48 Å². The number of carbonyl (C=O) groups is 1. The summed E-state index contributed by atoms with van der Waals surface area (Å²) in [7, 11) is 0. The van der Waals surface area contributed by atoms with Crippen molar-refractivity contribution in [3.63, 3.8) is 0 Å². The van der Waals surface area contributed by atoms with E-state index in [0.717, 1.165) is 24.1 Å². The Labute approximate surface area is 184 Å². The maximum atomic E-state index is 13.1. The van der Waals surface area contributed by atoms with Gasteiger partial charge in [0.2, 0.25) is 5.91 Å². The SMILES string of the molecule is Cc1ccc(C2(CC(=O)Nc3ccc(Cn4cccn4)cc3)CCOC(C)(C)C2)cc1. The number of hydrogen-bond donors (Lipinski definition) is 1. The number of rotatable bonds is 6. The van der Waals surface area contributed by atoms with Gasteiger partial charge in [0.1, 0.15) is 0 Å². The molecule has 1 saturated heterocycles. The fourth-order valence-electron chi connectivity index (χ4n) is 4.67. The van der Waals surface area contributed by atoms with Crippen molar-refractivity contribution in [1.82, 2.24) is 9.78 Å². The van der Waals surface area contributed by atoms with E-state index in [-0.39, 0.29) is 16.9 Å². The van der Waals surface area contributed by atoms with Crippen LogP contribution in [-0.2, 0) is 21.5 Å². The molecule has 0 saturated carbocycles. The lowest BCUT2D eigenvalue weighted by molar-refractivity contribution is -0.122. The van der Waals surface area contributed by atoms with Crippen molar-refractivity contribution in [3.05, 3.63) is 83.7 Å². The summed E-state index contributed by atoms with van der Waals surface area (Å²) < 4.78 is 7.86. The third-order valence-electron chi connectivity index (χ3n) is 6.14. The maximum absolute atomic E-state index is 13.1. The molecule has 2 heterocycles. The second-order valence-electron chi connectivity index (χ2n) is 9.31. The zero-order valence-corrected chi connectivity index (χ0v) is 18.6. The first-order chi connectivity index (χ1) is 14.8. The summed E-state index contributed by atoms with van der Waals surface area (Å²) in [5.74, 6) is 0.0399. The summed E-state index contributed by atoms with van der Waals surface area (Å²) in [5.41, 5.74) is 3.93. The minimum Gasteiger partial charge on any atom is -0.376 e. The van der Waals surface area contributed by atoms with Gasteiger partial charge in [-0.25, -0.2) is 0 Å². The Bertz CT molecular complexity index is 1010. The maximum Gasteiger partial charge on any atom is 0.225 e. The second kappa shape index (κ2) is 8.67. The van der Waals surface area contributed by atoms with Crippen LogP contribution in [0, 0.1) is 6.92 Å². The first kappa shape index (κ1) is 21.3. The van der Waals surface area contributed by atoms with Crippen molar-refractivity contribution in [2.75, 3.05) is 11.9 Å². The Morgan fingerprint density at radius 2 is 1.87 bits per heavy atom. The summed E-state index contributed by atoms with van der Waals surface area (Å²) in [6.07, 6.45) is 5.82. The zero-order chi connectivity index (χ0) is 21.9. The number of nitrogens with one attached hydrogen (secondary N) is 1. The van der Waals surface area contributed by atoms with Crippen LogP contribution < -0.4 is 5.32 Å². The molecule has 1 amide bonds. The monoisotopic (exact) mass is 417 g/mol. The van der Waals surface area contributed by atoms with Crippen molar-refractivity contribution < 1.29 is 9.53 Å². The predicted octanol–water partition coefficient (Wildman–Crippen LogP) is 5.10. The highest BCUT2D eigenvalue weighted by molar-refractivity contribution is 5.91. The van der Waals surface area contributed by atoms with E-state index in [1.807, 2.05) is 41.2 Å². The molecule has 5 nitrogen and oxygen atoms in total.